The van der Waals surface area contributed by atoms with Crippen LogP contribution in [0.2, 0.25) is 0 Å². The quantitative estimate of drug-likeness (QED) is 0.866. The number of aliphatic carboxylic acids is 1. The zero-order valence-corrected chi connectivity index (χ0v) is 14.8. The third-order valence-electron chi connectivity index (χ3n) is 5.22. The molecule has 1 aliphatic heterocycles. The Balaban J connectivity index is 2.29. The summed E-state index contributed by atoms with van der Waals surface area (Å²) in [5, 5.41) is 9.46. The summed E-state index contributed by atoms with van der Waals surface area (Å²) in [6, 6.07) is 5.95. The minimum Gasteiger partial charge on any atom is -0.496 e. The van der Waals surface area contributed by atoms with Gasteiger partial charge in [-0.1, -0.05) is 39.3 Å². The van der Waals surface area contributed by atoms with Crippen molar-refractivity contribution in [2.45, 2.75) is 64.5 Å². The maximum atomic E-state index is 11.5. The van der Waals surface area contributed by atoms with Crippen molar-refractivity contribution in [3.05, 3.63) is 29.3 Å². The number of hydrogen-bond acceptors (Lipinski definition) is 3. The molecule has 0 aliphatic carbocycles. The van der Waals surface area contributed by atoms with Crippen LogP contribution in [0.1, 0.15) is 57.6 Å². The van der Waals surface area contributed by atoms with Crippen molar-refractivity contribution < 1.29 is 14.6 Å². The first-order chi connectivity index (χ1) is 10.9. The molecule has 1 fully saturated rings. The molecule has 1 unspecified atom stereocenters. The standard InChI is InChI=1S/C19H29NO3/c1-5-19(2,3)15-9-10-17(23-4)14(12-15)13-20-11-7-6-8-16(20)18(21)22/h9-10,12,16H,5-8,11,13H2,1-4H3,(H,21,22). The van der Waals surface area contributed by atoms with Crippen LogP contribution in [0.15, 0.2) is 18.2 Å². The van der Waals surface area contributed by atoms with E-state index in [4.69, 9.17) is 4.74 Å². The molecule has 4 nitrogen and oxygen atoms in total. The van der Waals surface area contributed by atoms with E-state index in [0.717, 1.165) is 43.5 Å². The van der Waals surface area contributed by atoms with E-state index in [1.807, 2.05) is 6.07 Å². The van der Waals surface area contributed by atoms with Crippen molar-refractivity contribution in [3.8, 4) is 5.75 Å². The van der Waals surface area contributed by atoms with Crippen molar-refractivity contribution >= 4 is 5.97 Å². The topological polar surface area (TPSA) is 49.8 Å². The van der Waals surface area contributed by atoms with E-state index in [-0.39, 0.29) is 11.5 Å². The lowest BCUT2D eigenvalue weighted by atomic mass is 9.81. The Morgan fingerprint density at radius 1 is 1.39 bits per heavy atom. The van der Waals surface area contributed by atoms with E-state index >= 15 is 0 Å². The minimum atomic E-state index is -0.714. The van der Waals surface area contributed by atoms with E-state index in [1.54, 1.807) is 7.11 Å². The number of ether oxygens (including phenoxy) is 1. The molecule has 0 spiro atoms. The van der Waals surface area contributed by atoms with Gasteiger partial charge in [-0.2, -0.15) is 0 Å². The van der Waals surface area contributed by atoms with E-state index in [0.29, 0.717) is 6.54 Å². The SMILES string of the molecule is CCC(C)(C)c1ccc(OC)c(CN2CCCCC2C(=O)O)c1. The zero-order chi connectivity index (χ0) is 17.0. The van der Waals surface area contributed by atoms with Crippen molar-refractivity contribution in [1.82, 2.24) is 4.90 Å². The summed E-state index contributed by atoms with van der Waals surface area (Å²) < 4.78 is 5.51. The summed E-state index contributed by atoms with van der Waals surface area (Å²) in [5.41, 5.74) is 2.47. The molecule has 1 aromatic carbocycles. The van der Waals surface area contributed by atoms with E-state index in [1.165, 1.54) is 5.56 Å². The average Bonchev–Trinajstić information content (AvgIpc) is 2.55. The van der Waals surface area contributed by atoms with Gasteiger partial charge >= 0.3 is 5.97 Å². The Morgan fingerprint density at radius 2 is 2.13 bits per heavy atom. The Kier molecular flexibility index (Phi) is 5.69. The second kappa shape index (κ2) is 7.35. The highest BCUT2D eigenvalue weighted by Crippen LogP contribution is 2.32. The van der Waals surface area contributed by atoms with Gasteiger partial charge in [0.25, 0.3) is 0 Å². The predicted molar refractivity (Wildman–Crippen MR) is 92.0 cm³/mol. The molecule has 0 aromatic heterocycles. The smallest absolute Gasteiger partial charge is 0.320 e. The van der Waals surface area contributed by atoms with Crippen LogP contribution in [0.4, 0.5) is 0 Å². The van der Waals surface area contributed by atoms with E-state index < -0.39 is 5.97 Å². The maximum Gasteiger partial charge on any atom is 0.320 e. The monoisotopic (exact) mass is 319 g/mol. The molecule has 0 bridgehead atoms. The van der Waals surface area contributed by atoms with Gasteiger partial charge in [0.05, 0.1) is 7.11 Å². The molecule has 1 saturated heterocycles. The molecule has 2 rings (SSSR count). The van der Waals surface area contributed by atoms with Crippen LogP contribution in [0.25, 0.3) is 0 Å². The number of benzene rings is 1. The van der Waals surface area contributed by atoms with Gasteiger partial charge in [0.1, 0.15) is 11.8 Å². The van der Waals surface area contributed by atoms with Gasteiger partial charge in [-0.25, -0.2) is 0 Å². The number of carboxylic acid groups (broad SMARTS) is 1. The van der Waals surface area contributed by atoms with Crippen LogP contribution in [0.3, 0.4) is 0 Å². The Bertz CT molecular complexity index is 554. The molecule has 1 aliphatic rings. The lowest BCUT2D eigenvalue weighted by molar-refractivity contribution is -0.144. The number of likely N-dealkylation sites (tertiary alicyclic amines) is 1. The normalized spacial score (nSPS) is 19.6. The van der Waals surface area contributed by atoms with Crippen LogP contribution in [0.5, 0.6) is 5.75 Å². The summed E-state index contributed by atoms with van der Waals surface area (Å²) in [5.74, 6) is 0.129. The predicted octanol–water partition coefficient (Wildman–Crippen LogP) is 3.82. The van der Waals surface area contributed by atoms with Gasteiger partial charge in [-0.05, 0) is 42.9 Å². The Morgan fingerprint density at radius 3 is 2.74 bits per heavy atom. The third-order valence-corrected chi connectivity index (χ3v) is 5.22. The first kappa shape index (κ1) is 17.8. The summed E-state index contributed by atoms with van der Waals surface area (Å²) in [7, 11) is 1.67. The van der Waals surface area contributed by atoms with E-state index in [2.05, 4.69) is 37.8 Å². The molecule has 0 amide bonds. The molecular formula is C19H29NO3. The number of carbonyl (C=O) groups is 1. The highest BCUT2D eigenvalue weighted by Gasteiger charge is 2.29. The molecule has 4 heteroatoms. The number of carboxylic acids is 1. The van der Waals surface area contributed by atoms with Gasteiger partial charge in [0.2, 0.25) is 0 Å². The molecule has 0 saturated carbocycles. The van der Waals surface area contributed by atoms with Crippen LogP contribution >= 0.6 is 0 Å². The van der Waals surface area contributed by atoms with Crippen molar-refractivity contribution in [2.24, 2.45) is 0 Å². The number of nitrogens with zero attached hydrogens (tertiary/aromatic N) is 1. The van der Waals surface area contributed by atoms with Gasteiger partial charge < -0.3 is 9.84 Å². The number of piperidine rings is 1. The maximum absolute atomic E-state index is 11.5. The van der Waals surface area contributed by atoms with E-state index in [9.17, 15) is 9.90 Å². The van der Waals surface area contributed by atoms with Crippen molar-refractivity contribution in [2.75, 3.05) is 13.7 Å². The fraction of sp³-hybridized carbons (Fsp3) is 0.632. The second-order valence-electron chi connectivity index (χ2n) is 7.08. The van der Waals surface area contributed by atoms with Crippen molar-refractivity contribution in [1.29, 1.82) is 0 Å². The lowest BCUT2D eigenvalue weighted by Crippen LogP contribution is -2.44. The lowest BCUT2D eigenvalue weighted by Gasteiger charge is -2.33. The number of hydrogen-bond donors (Lipinski definition) is 1. The van der Waals surface area contributed by atoms with Gasteiger partial charge in [-0.3, -0.25) is 9.69 Å². The van der Waals surface area contributed by atoms with Gasteiger partial charge in [0.15, 0.2) is 0 Å². The van der Waals surface area contributed by atoms with Gasteiger partial charge in [0, 0.05) is 12.1 Å². The number of rotatable bonds is 6. The van der Waals surface area contributed by atoms with Crippen LogP contribution in [-0.4, -0.2) is 35.7 Å². The molecule has 128 valence electrons. The summed E-state index contributed by atoms with van der Waals surface area (Å²) in [4.78, 5) is 13.6. The summed E-state index contributed by atoms with van der Waals surface area (Å²) in [6.07, 6.45) is 3.85. The highest BCUT2D eigenvalue weighted by molar-refractivity contribution is 5.73. The molecule has 1 aromatic rings. The zero-order valence-electron chi connectivity index (χ0n) is 14.8. The molecule has 1 N–H and O–H groups in total. The van der Waals surface area contributed by atoms with Crippen LogP contribution in [-0.2, 0) is 16.8 Å². The minimum absolute atomic E-state index is 0.106. The molecule has 1 heterocycles. The van der Waals surface area contributed by atoms with Crippen molar-refractivity contribution in [3.63, 3.8) is 0 Å². The largest absolute Gasteiger partial charge is 0.496 e. The molecule has 0 radical (unpaired) electrons. The fourth-order valence-corrected chi connectivity index (χ4v) is 3.21. The average molecular weight is 319 g/mol. The fourth-order valence-electron chi connectivity index (χ4n) is 3.21. The summed E-state index contributed by atoms with van der Waals surface area (Å²) in [6.45, 7) is 8.13. The number of methoxy groups -OCH3 is 1. The van der Waals surface area contributed by atoms with Crippen LogP contribution in [0, 0.1) is 0 Å². The third kappa shape index (κ3) is 4.05. The first-order valence-electron chi connectivity index (χ1n) is 8.53. The Hall–Kier alpha value is -1.55. The Labute approximate surface area is 139 Å². The second-order valence-corrected chi connectivity index (χ2v) is 7.08. The molecular weight excluding hydrogens is 290 g/mol. The molecule has 1 atom stereocenters. The highest BCUT2D eigenvalue weighted by atomic mass is 16.5. The molecule has 23 heavy (non-hydrogen) atoms. The van der Waals surface area contributed by atoms with Gasteiger partial charge in [-0.15, -0.1) is 0 Å². The summed E-state index contributed by atoms with van der Waals surface area (Å²) >= 11 is 0. The van der Waals surface area contributed by atoms with Crippen LogP contribution < -0.4 is 4.74 Å². The first-order valence-corrected chi connectivity index (χ1v) is 8.53.